The predicted octanol–water partition coefficient (Wildman–Crippen LogP) is -0.281. The van der Waals surface area contributed by atoms with Crippen molar-refractivity contribution >= 4 is 11.6 Å². The lowest BCUT2D eigenvalue weighted by Gasteiger charge is -1.91. The summed E-state index contributed by atoms with van der Waals surface area (Å²) in [6.07, 6.45) is 0. The van der Waals surface area contributed by atoms with Gasteiger partial charge in [-0.3, -0.25) is 9.59 Å². The van der Waals surface area contributed by atoms with Gasteiger partial charge in [0, 0.05) is 0 Å². The van der Waals surface area contributed by atoms with E-state index >= 15 is 0 Å². The summed E-state index contributed by atoms with van der Waals surface area (Å²) >= 11 is 0. The molecule has 0 radical (unpaired) electrons. The number of nitrogens with one attached hydrogen (secondary N) is 1. The minimum atomic E-state index is 0.0324. The number of ketones is 2. The highest BCUT2D eigenvalue weighted by Gasteiger charge is 1.85. The van der Waals surface area contributed by atoms with Crippen molar-refractivity contribution in [3.63, 3.8) is 0 Å². The molecule has 0 aliphatic rings. The molecule has 0 heterocycles. The molecule has 3 N–H and O–H groups in total. The summed E-state index contributed by atoms with van der Waals surface area (Å²) in [5.74, 6) is 0.229. The van der Waals surface area contributed by atoms with E-state index in [1.54, 1.807) is 6.92 Å². The van der Waals surface area contributed by atoms with Crippen molar-refractivity contribution in [2.24, 2.45) is 5.73 Å². The number of hydrogen-bond donors (Lipinski definition) is 2. The normalized spacial score (nSPS) is 8.33. The van der Waals surface area contributed by atoms with Crippen LogP contribution in [0.3, 0.4) is 0 Å². The van der Waals surface area contributed by atoms with Gasteiger partial charge in [-0.15, -0.1) is 0 Å². The first-order valence-corrected chi connectivity index (χ1v) is 3.94. The van der Waals surface area contributed by atoms with Crippen molar-refractivity contribution in [2.45, 2.75) is 20.8 Å². The third kappa shape index (κ3) is 22.8. The van der Waals surface area contributed by atoms with Gasteiger partial charge in [0.25, 0.3) is 0 Å². The summed E-state index contributed by atoms with van der Waals surface area (Å²) in [5, 5.41) is 2.90. The lowest BCUT2D eigenvalue weighted by atomic mass is 10.4. The van der Waals surface area contributed by atoms with Crippen LogP contribution in [0.4, 0.5) is 0 Å². The minimum Gasteiger partial charge on any atom is -0.324 e. The summed E-state index contributed by atoms with van der Waals surface area (Å²) in [5.41, 5.74) is 4.82. The van der Waals surface area contributed by atoms with Gasteiger partial charge in [0.2, 0.25) is 0 Å². The fourth-order valence-electron chi connectivity index (χ4n) is 0.301. The van der Waals surface area contributed by atoms with Crippen LogP contribution in [0.25, 0.3) is 0 Å². The number of rotatable bonds is 4. The zero-order valence-electron chi connectivity index (χ0n) is 8.02. The van der Waals surface area contributed by atoms with Crippen LogP contribution in [0.5, 0.6) is 0 Å². The molecular weight excluding hydrogens is 156 g/mol. The van der Waals surface area contributed by atoms with Crippen molar-refractivity contribution in [3.05, 3.63) is 0 Å². The van der Waals surface area contributed by atoms with Gasteiger partial charge in [0.15, 0.2) is 0 Å². The Balaban J connectivity index is 0. The SMILES string of the molecule is CC(=O)CN.CCNCC(C)=O. The molecule has 4 heteroatoms. The number of carbonyl (C=O) groups excluding carboxylic acids is 2. The van der Waals surface area contributed by atoms with Crippen molar-refractivity contribution in [1.82, 2.24) is 5.32 Å². The predicted molar refractivity (Wildman–Crippen MR) is 49.0 cm³/mol. The molecule has 0 saturated heterocycles. The van der Waals surface area contributed by atoms with E-state index in [4.69, 9.17) is 5.73 Å². The van der Waals surface area contributed by atoms with Crippen LogP contribution in [-0.4, -0.2) is 31.2 Å². The molecular formula is C8H18N2O2. The fourth-order valence-corrected chi connectivity index (χ4v) is 0.301. The number of likely N-dealkylation sites (N-methyl/N-ethyl adjacent to an activating group) is 1. The zero-order valence-corrected chi connectivity index (χ0v) is 8.02. The van der Waals surface area contributed by atoms with Gasteiger partial charge in [-0.25, -0.2) is 0 Å². The molecule has 0 aromatic heterocycles. The number of nitrogens with two attached hydrogens (primary N) is 1. The van der Waals surface area contributed by atoms with Crippen LogP contribution in [0.1, 0.15) is 20.8 Å². The second kappa shape index (κ2) is 10.3. The van der Waals surface area contributed by atoms with E-state index in [0.717, 1.165) is 6.54 Å². The molecule has 0 amide bonds. The molecule has 0 saturated carbocycles. The highest BCUT2D eigenvalue weighted by Crippen LogP contribution is 1.61. The van der Waals surface area contributed by atoms with E-state index in [1.165, 1.54) is 6.92 Å². The molecule has 0 fully saturated rings. The maximum atomic E-state index is 10.1. The largest absolute Gasteiger partial charge is 0.324 e. The molecule has 4 nitrogen and oxygen atoms in total. The molecule has 72 valence electrons. The quantitative estimate of drug-likeness (QED) is 0.615. The van der Waals surface area contributed by atoms with Gasteiger partial charge >= 0.3 is 0 Å². The molecule has 0 aliphatic carbocycles. The van der Waals surface area contributed by atoms with E-state index in [-0.39, 0.29) is 18.1 Å². The highest BCUT2D eigenvalue weighted by atomic mass is 16.1. The van der Waals surface area contributed by atoms with Crippen LogP contribution in [0.2, 0.25) is 0 Å². The van der Waals surface area contributed by atoms with Crippen LogP contribution < -0.4 is 11.1 Å². The summed E-state index contributed by atoms with van der Waals surface area (Å²) in [4.78, 5) is 19.8. The Labute approximate surface area is 73.5 Å². The second-order valence-electron chi connectivity index (χ2n) is 2.39. The maximum absolute atomic E-state index is 10.1. The van der Waals surface area contributed by atoms with E-state index in [1.807, 2.05) is 6.92 Å². The van der Waals surface area contributed by atoms with Crippen molar-refractivity contribution in [1.29, 1.82) is 0 Å². The third-order valence-electron chi connectivity index (χ3n) is 0.911. The van der Waals surface area contributed by atoms with Crippen LogP contribution in [0.15, 0.2) is 0 Å². The molecule has 0 unspecified atom stereocenters. The Kier molecular flexibility index (Phi) is 11.8. The van der Waals surface area contributed by atoms with Crippen LogP contribution >= 0.6 is 0 Å². The van der Waals surface area contributed by atoms with Crippen molar-refractivity contribution < 1.29 is 9.59 Å². The third-order valence-corrected chi connectivity index (χ3v) is 0.911. The second-order valence-corrected chi connectivity index (χ2v) is 2.39. The Hall–Kier alpha value is -0.740. The average Bonchev–Trinajstić information content (AvgIpc) is 2.02. The maximum Gasteiger partial charge on any atom is 0.143 e. The molecule has 0 atom stereocenters. The highest BCUT2D eigenvalue weighted by molar-refractivity contribution is 5.77. The lowest BCUT2D eigenvalue weighted by molar-refractivity contribution is -0.116. The Morgan fingerprint density at radius 2 is 1.67 bits per heavy atom. The molecule has 0 bridgehead atoms. The first kappa shape index (κ1) is 13.8. The topological polar surface area (TPSA) is 72.2 Å². The standard InChI is InChI=1S/C5H11NO.C3H7NO/c1-3-6-4-5(2)7;1-3(5)2-4/h6H,3-4H2,1-2H3;2,4H2,1H3. The fraction of sp³-hybridized carbons (Fsp3) is 0.750. The Morgan fingerprint density at radius 1 is 1.25 bits per heavy atom. The van der Waals surface area contributed by atoms with Crippen LogP contribution in [-0.2, 0) is 9.59 Å². The Bertz CT molecular complexity index is 135. The smallest absolute Gasteiger partial charge is 0.143 e. The summed E-state index contributed by atoms with van der Waals surface area (Å²) < 4.78 is 0. The van der Waals surface area contributed by atoms with Gasteiger partial charge in [-0.2, -0.15) is 0 Å². The van der Waals surface area contributed by atoms with Gasteiger partial charge in [0.05, 0.1) is 13.1 Å². The summed E-state index contributed by atoms with van der Waals surface area (Å²) in [6, 6.07) is 0. The zero-order chi connectivity index (χ0) is 9.98. The van der Waals surface area contributed by atoms with Gasteiger partial charge in [-0.05, 0) is 20.4 Å². The van der Waals surface area contributed by atoms with Crippen molar-refractivity contribution in [3.8, 4) is 0 Å². The van der Waals surface area contributed by atoms with Gasteiger partial charge < -0.3 is 11.1 Å². The number of hydrogen-bond acceptors (Lipinski definition) is 4. The number of carbonyl (C=O) groups is 2. The van der Waals surface area contributed by atoms with Gasteiger partial charge in [0.1, 0.15) is 11.6 Å². The van der Waals surface area contributed by atoms with E-state index < -0.39 is 0 Å². The Morgan fingerprint density at radius 3 is 1.75 bits per heavy atom. The molecule has 12 heavy (non-hydrogen) atoms. The molecule has 0 rings (SSSR count). The van der Waals surface area contributed by atoms with E-state index in [9.17, 15) is 9.59 Å². The van der Waals surface area contributed by atoms with Gasteiger partial charge in [-0.1, -0.05) is 6.92 Å². The lowest BCUT2D eigenvalue weighted by Crippen LogP contribution is -2.19. The molecule has 0 spiro atoms. The average molecular weight is 174 g/mol. The first-order chi connectivity index (χ1) is 5.54. The number of Topliss-reactive ketones (excluding diaryl/α,β-unsaturated/α-hetero) is 2. The van der Waals surface area contributed by atoms with E-state index in [0.29, 0.717) is 6.54 Å². The molecule has 0 aromatic rings. The summed E-state index contributed by atoms with van der Waals surface area (Å²) in [6.45, 7) is 6.56. The monoisotopic (exact) mass is 174 g/mol. The summed E-state index contributed by atoms with van der Waals surface area (Å²) in [7, 11) is 0. The van der Waals surface area contributed by atoms with E-state index in [2.05, 4.69) is 5.32 Å². The first-order valence-electron chi connectivity index (χ1n) is 3.94. The molecule has 0 aliphatic heterocycles. The van der Waals surface area contributed by atoms with Crippen LogP contribution in [0, 0.1) is 0 Å². The minimum absolute atomic E-state index is 0.0324. The molecule has 0 aromatic carbocycles. The van der Waals surface area contributed by atoms with Crippen molar-refractivity contribution in [2.75, 3.05) is 19.6 Å².